The summed E-state index contributed by atoms with van der Waals surface area (Å²) >= 11 is 0. The summed E-state index contributed by atoms with van der Waals surface area (Å²) in [5, 5.41) is 15.5. The van der Waals surface area contributed by atoms with Crippen molar-refractivity contribution >= 4 is 11.9 Å². The first kappa shape index (κ1) is 30.4. The molecule has 0 unspecified atom stereocenters. The van der Waals surface area contributed by atoms with Gasteiger partial charge in [-0.15, -0.1) is 0 Å². The third-order valence-corrected chi connectivity index (χ3v) is 2.67. The van der Waals surface area contributed by atoms with Gasteiger partial charge in [0.05, 0.1) is 7.11 Å². The van der Waals surface area contributed by atoms with E-state index in [0.29, 0.717) is 0 Å². The van der Waals surface area contributed by atoms with E-state index in [1.165, 1.54) is 31.6 Å². The Bertz CT molecular complexity index is 711. The zero-order chi connectivity index (χ0) is 19.0. The van der Waals surface area contributed by atoms with Gasteiger partial charge in [-0.25, -0.2) is 27.2 Å². The SMILES string of the molecule is C.COC(=O)c1ccnn1CC(F)F.O=C(O)c1ccnn1CC(F)F.[Li+].[OH-]. The molecule has 2 aromatic rings. The van der Waals surface area contributed by atoms with Crippen molar-refractivity contribution in [2.75, 3.05) is 7.11 Å². The van der Waals surface area contributed by atoms with Gasteiger partial charge in [0, 0.05) is 12.4 Å². The monoisotopic (exact) mass is 406 g/mol. The van der Waals surface area contributed by atoms with Crippen LogP contribution in [0.25, 0.3) is 0 Å². The number of nitrogens with zero attached hydrogens (tertiary/aromatic N) is 4. The summed E-state index contributed by atoms with van der Waals surface area (Å²) in [6.07, 6.45) is -2.69. The summed E-state index contributed by atoms with van der Waals surface area (Å²) in [5.41, 5.74) is -0.196. The number of hydrogen-bond donors (Lipinski definition) is 1. The minimum Gasteiger partial charge on any atom is -0.870 e. The van der Waals surface area contributed by atoms with E-state index in [1.54, 1.807) is 0 Å². The van der Waals surface area contributed by atoms with Crippen molar-refractivity contribution in [1.82, 2.24) is 19.6 Å². The molecule has 0 amide bonds. The second-order valence-electron chi connectivity index (χ2n) is 4.38. The van der Waals surface area contributed by atoms with Crippen molar-refractivity contribution in [3.63, 3.8) is 0 Å². The van der Waals surface area contributed by atoms with E-state index in [2.05, 4.69) is 14.9 Å². The maximum atomic E-state index is 11.9. The number of carbonyl (C=O) groups is 2. The molecule has 2 aromatic heterocycles. The summed E-state index contributed by atoms with van der Waals surface area (Å²) in [7, 11) is 1.18. The number of alkyl halides is 4. The summed E-state index contributed by atoms with van der Waals surface area (Å²) in [5.74, 6) is -1.92. The molecule has 0 bridgehead atoms. The Morgan fingerprint density at radius 3 is 1.79 bits per heavy atom. The molecule has 0 atom stereocenters. The molecule has 0 aliphatic carbocycles. The number of carbonyl (C=O) groups excluding carboxylic acids is 1. The van der Waals surface area contributed by atoms with Gasteiger partial charge in [0.25, 0.3) is 12.9 Å². The van der Waals surface area contributed by atoms with E-state index in [9.17, 15) is 27.2 Å². The van der Waals surface area contributed by atoms with E-state index < -0.39 is 37.9 Å². The first-order chi connectivity index (χ1) is 11.8. The van der Waals surface area contributed by atoms with Gasteiger partial charge in [-0.3, -0.25) is 9.36 Å². The smallest absolute Gasteiger partial charge is 0.870 e. The zero-order valence-corrected chi connectivity index (χ0v) is 14.3. The predicted octanol–water partition coefficient (Wildman–Crippen LogP) is -0.755. The van der Waals surface area contributed by atoms with E-state index >= 15 is 0 Å². The minimum atomic E-state index is -2.59. The Kier molecular flexibility index (Phi) is 15.9. The van der Waals surface area contributed by atoms with Crippen LogP contribution in [0.2, 0.25) is 0 Å². The van der Waals surface area contributed by atoms with Crippen LogP contribution in [0.1, 0.15) is 28.4 Å². The Morgan fingerprint density at radius 2 is 1.43 bits per heavy atom. The van der Waals surface area contributed by atoms with Gasteiger partial charge >= 0.3 is 30.8 Å². The topological polar surface area (TPSA) is 129 Å². The maximum Gasteiger partial charge on any atom is 1.00 e. The largest absolute Gasteiger partial charge is 1.00 e. The number of aromatic carboxylic acids is 1. The molecule has 0 aliphatic heterocycles. The molecule has 9 nitrogen and oxygen atoms in total. The van der Waals surface area contributed by atoms with E-state index in [-0.39, 0.29) is 43.2 Å². The van der Waals surface area contributed by atoms with Crippen molar-refractivity contribution in [2.24, 2.45) is 0 Å². The first-order valence-corrected chi connectivity index (χ1v) is 6.67. The molecule has 0 spiro atoms. The van der Waals surface area contributed by atoms with Crippen LogP contribution in [-0.4, -0.2) is 62.0 Å². The predicted molar refractivity (Wildman–Crippen MR) is 83.4 cm³/mol. The van der Waals surface area contributed by atoms with Crippen molar-refractivity contribution < 1.29 is 61.3 Å². The van der Waals surface area contributed by atoms with E-state index in [4.69, 9.17) is 5.11 Å². The second kappa shape index (κ2) is 14.7. The quantitative estimate of drug-likeness (QED) is 0.379. The average molecular weight is 406 g/mol. The number of ether oxygens (including phenoxy) is 1. The molecule has 0 radical (unpaired) electrons. The van der Waals surface area contributed by atoms with Crippen LogP contribution >= 0.6 is 0 Å². The molecule has 0 aromatic carbocycles. The zero-order valence-electron chi connectivity index (χ0n) is 14.3. The van der Waals surface area contributed by atoms with Crippen LogP contribution in [0.15, 0.2) is 24.5 Å². The summed E-state index contributed by atoms with van der Waals surface area (Å²) in [4.78, 5) is 21.3. The first-order valence-electron chi connectivity index (χ1n) is 6.67. The van der Waals surface area contributed by atoms with Crippen molar-refractivity contribution in [3.05, 3.63) is 35.9 Å². The van der Waals surface area contributed by atoms with Crippen molar-refractivity contribution in [2.45, 2.75) is 33.4 Å². The van der Waals surface area contributed by atoms with Crippen LogP contribution in [0.4, 0.5) is 17.6 Å². The van der Waals surface area contributed by atoms with Crippen LogP contribution in [0.3, 0.4) is 0 Å². The standard InChI is InChI=1S/C7H8F2N2O2.C6H6F2N2O2.CH4.Li.H2O/c1-13-7(12)5-2-3-10-11(5)4-6(8)9;7-5(8)3-10-4(6(11)12)1-2-9-10;;;/h2-3,6H,4H2,1H3;1-2,5H,3H2,(H,11,12);1H4;;1H2/q;;;+1;/p-1. The number of esters is 1. The van der Waals surface area contributed by atoms with Gasteiger partial charge in [-0.2, -0.15) is 10.2 Å². The average Bonchev–Trinajstić information content (AvgIpc) is 3.15. The van der Waals surface area contributed by atoms with Gasteiger partial charge in [0.1, 0.15) is 24.5 Å². The fourth-order valence-corrected chi connectivity index (χ4v) is 1.68. The molecule has 14 heteroatoms. The van der Waals surface area contributed by atoms with Gasteiger partial charge < -0.3 is 15.3 Å². The molecule has 0 saturated heterocycles. The molecule has 0 fully saturated rings. The number of carboxylic acid groups (broad SMARTS) is 1. The fourth-order valence-electron chi connectivity index (χ4n) is 1.68. The fraction of sp³-hybridized carbons (Fsp3) is 0.429. The van der Waals surface area contributed by atoms with Gasteiger partial charge in [-0.05, 0) is 12.1 Å². The van der Waals surface area contributed by atoms with Gasteiger partial charge in [-0.1, -0.05) is 7.43 Å². The molecule has 2 N–H and O–H groups in total. The van der Waals surface area contributed by atoms with E-state index in [1.807, 2.05) is 0 Å². The van der Waals surface area contributed by atoms with Crippen molar-refractivity contribution in [1.29, 1.82) is 0 Å². The third-order valence-electron chi connectivity index (χ3n) is 2.67. The Morgan fingerprint density at radius 1 is 1.04 bits per heavy atom. The minimum absolute atomic E-state index is 0. The Balaban J connectivity index is -0.000000404. The normalized spacial score (nSPS) is 9.39. The summed E-state index contributed by atoms with van der Waals surface area (Å²) in [6.45, 7) is -1.29. The molecule has 28 heavy (non-hydrogen) atoms. The van der Waals surface area contributed by atoms with Crippen LogP contribution in [0, 0.1) is 0 Å². The molecular weight excluding hydrogens is 387 g/mol. The summed E-state index contributed by atoms with van der Waals surface area (Å²) < 4.78 is 53.5. The maximum absolute atomic E-state index is 11.9. The molecule has 154 valence electrons. The molecule has 0 aliphatic rings. The van der Waals surface area contributed by atoms with Crippen LogP contribution in [-0.2, 0) is 17.8 Å². The molecule has 0 saturated carbocycles. The van der Waals surface area contributed by atoms with Gasteiger partial charge in [0.2, 0.25) is 0 Å². The number of aromatic nitrogens is 4. The molecular formula is C14H19F4LiN4O5. The number of halogens is 4. The second-order valence-corrected chi connectivity index (χ2v) is 4.38. The number of rotatable bonds is 6. The Hall–Kier alpha value is -2.36. The number of methoxy groups -OCH3 is 1. The number of carboxylic acids is 1. The van der Waals surface area contributed by atoms with E-state index in [0.717, 1.165) is 9.36 Å². The van der Waals surface area contributed by atoms with Crippen molar-refractivity contribution in [3.8, 4) is 0 Å². The summed E-state index contributed by atoms with van der Waals surface area (Å²) in [6, 6.07) is 2.50. The Labute approximate surface area is 169 Å². The third kappa shape index (κ3) is 9.54. The van der Waals surface area contributed by atoms with Crippen LogP contribution in [0.5, 0.6) is 0 Å². The van der Waals surface area contributed by atoms with Crippen LogP contribution < -0.4 is 18.9 Å². The molecule has 2 rings (SSSR count). The number of hydrogen-bond acceptors (Lipinski definition) is 6. The van der Waals surface area contributed by atoms with Gasteiger partial charge in [0.15, 0.2) is 0 Å². The molecule has 2 heterocycles.